The summed E-state index contributed by atoms with van der Waals surface area (Å²) in [4.78, 5) is 24.2. The van der Waals surface area contributed by atoms with Gasteiger partial charge in [-0.15, -0.1) is 0 Å². The topological polar surface area (TPSA) is 141 Å². The number of fused-ring (bicyclic) bond motifs is 1. The van der Waals surface area contributed by atoms with Gasteiger partial charge in [-0.25, -0.2) is 13.4 Å². The van der Waals surface area contributed by atoms with Crippen LogP contribution in [-0.4, -0.2) is 29.3 Å². The average Bonchev–Trinajstić information content (AvgIpc) is 3.17. The van der Waals surface area contributed by atoms with Crippen LogP contribution in [0, 0.1) is 0 Å². The molecule has 0 saturated heterocycles. The first-order chi connectivity index (χ1) is 13.9. The van der Waals surface area contributed by atoms with Crippen molar-refractivity contribution in [2.45, 2.75) is 16.3 Å². The average molecular weight is 409 g/mol. The van der Waals surface area contributed by atoms with E-state index in [9.17, 15) is 13.2 Å². The van der Waals surface area contributed by atoms with Crippen molar-refractivity contribution in [3.8, 4) is 0 Å². The van der Waals surface area contributed by atoms with Gasteiger partial charge in [-0.05, 0) is 36.4 Å². The van der Waals surface area contributed by atoms with Crippen LogP contribution in [0.25, 0.3) is 11.0 Å². The van der Waals surface area contributed by atoms with Gasteiger partial charge in [0.05, 0.1) is 28.2 Å². The van der Waals surface area contributed by atoms with E-state index in [1.807, 2.05) is 0 Å². The first-order valence-electron chi connectivity index (χ1n) is 8.47. The Morgan fingerprint density at radius 1 is 1.03 bits per heavy atom. The number of carbonyl (C=O) groups excluding carboxylic acids is 1. The molecule has 0 aromatic carbocycles. The number of nitrogen functional groups attached to an aromatic ring is 1. The Balaban J connectivity index is 1.45. The van der Waals surface area contributed by atoms with Gasteiger partial charge in [0.2, 0.25) is 9.84 Å². The number of pyridine rings is 3. The molecule has 146 valence electrons. The van der Waals surface area contributed by atoms with Crippen molar-refractivity contribution < 1.29 is 17.6 Å². The third-order valence-electron chi connectivity index (χ3n) is 4.15. The van der Waals surface area contributed by atoms with Gasteiger partial charge in [-0.3, -0.25) is 14.8 Å². The molecule has 0 bridgehead atoms. The first kappa shape index (κ1) is 18.6. The number of furan rings is 1. The van der Waals surface area contributed by atoms with Crippen molar-refractivity contribution in [3.05, 3.63) is 72.6 Å². The van der Waals surface area contributed by atoms with Gasteiger partial charge in [0.15, 0.2) is 11.3 Å². The Labute approximate surface area is 165 Å². The monoisotopic (exact) mass is 409 g/mol. The number of anilines is 1. The summed E-state index contributed by atoms with van der Waals surface area (Å²) >= 11 is 0. The molecule has 4 heterocycles. The minimum atomic E-state index is -3.75. The maximum Gasteiger partial charge on any atom is 0.287 e. The highest BCUT2D eigenvalue weighted by atomic mass is 32.2. The van der Waals surface area contributed by atoms with E-state index in [1.54, 1.807) is 18.3 Å². The minimum absolute atomic E-state index is 0.0175. The van der Waals surface area contributed by atoms with Gasteiger partial charge < -0.3 is 15.5 Å². The van der Waals surface area contributed by atoms with Crippen molar-refractivity contribution >= 4 is 32.5 Å². The van der Waals surface area contributed by atoms with Crippen LogP contribution in [0.1, 0.15) is 16.2 Å². The molecule has 0 unspecified atom stereocenters. The second kappa shape index (κ2) is 7.32. The molecule has 0 spiro atoms. The molecule has 4 aromatic rings. The Morgan fingerprint density at radius 3 is 2.45 bits per heavy atom. The number of hydrogen-bond acceptors (Lipinski definition) is 8. The summed E-state index contributed by atoms with van der Waals surface area (Å²) in [7, 11) is -3.75. The highest BCUT2D eigenvalue weighted by Crippen LogP contribution is 2.20. The molecule has 1 amide bonds. The molecule has 0 saturated carbocycles. The molecular formula is C19H15N5O4S. The molecule has 0 aliphatic rings. The van der Waals surface area contributed by atoms with Crippen LogP contribution < -0.4 is 11.1 Å². The second-order valence-electron chi connectivity index (χ2n) is 6.11. The second-order valence-corrected chi connectivity index (χ2v) is 8.06. The van der Waals surface area contributed by atoms with E-state index >= 15 is 0 Å². The van der Waals surface area contributed by atoms with Crippen molar-refractivity contribution in [2.75, 3.05) is 5.73 Å². The van der Waals surface area contributed by atoms with Crippen molar-refractivity contribution in [1.29, 1.82) is 0 Å². The molecule has 4 aromatic heterocycles. The first-order valence-corrected chi connectivity index (χ1v) is 9.95. The van der Waals surface area contributed by atoms with Crippen LogP contribution in [0.15, 0.2) is 75.4 Å². The fourth-order valence-corrected chi connectivity index (χ4v) is 3.77. The third-order valence-corrected chi connectivity index (χ3v) is 5.88. The van der Waals surface area contributed by atoms with Crippen LogP contribution in [0.3, 0.4) is 0 Å². The number of aromatic nitrogens is 3. The molecule has 0 atom stereocenters. The van der Waals surface area contributed by atoms with E-state index in [0.717, 1.165) is 5.39 Å². The lowest BCUT2D eigenvalue weighted by Gasteiger charge is -2.06. The predicted molar refractivity (Wildman–Crippen MR) is 104 cm³/mol. The third kappa shape index (κ3) is 3.78. The molecule has 4 rings (SSSR count). The number of rotatable bonds is 5. The number of sulfone groups is 1. The standard InChI is InChI=1S/C19H15N5O4S/c20-18-4-3-15(10-23-18)29(26,27)14-2-1-13(22-9-14)8-24-19(25)16-7-12-5-6-21-11-17(12)28-16/h1-7,9-11H,8H2,(H2,20,23)(H,24,25). The fraction of sp³-hybridized carbons (Fsp3) is 0.0526. The number of nitrogens with two attached hydrogens (primary N) is 1. The lowest BCUT2D eigenvalue weighted by Crippen LogP contribution is -2.22. The Morgan fingerprint density at radius 2 is 1.79 bits per heavy atom. The predicted octanol–water partition coefficient (Wildman–Crippen LogP) is 1.96. The van der Waals surface area contributed by atoms with Gasteiger partial charge >= 0.3 is 0 Å². The summed E-state index contributed by atoms with van der Waals surface area (Å²) in [5, 5.41) is 3.46. The van der Waals surface area contributed by atoms with Crippen molar-refractivity contribution in [1.82, 2.24) is 20.3 Å². The van der Waals surface area contributed by atoms with Crippen LogP contribution in [0.4, 0.5) is 5.82 Å². The van der Waals surface area contributed by atoms with Gasteiger partial charge in [-0.1, -0.05) is 0 Å². The number of carbonyl (C=O) groups is 1. The zero-order chi connectivity index (χ0) is 20.4. The molecule has 9 nitrogen and oxygen atoms in total. The van der Waals surface area contributed by atoms with E-state index in [-0.39, 0.29) is 27.9 Å². The largest absolute Gasteiger partial charge is 0.449 e. The van der Waals surface area contributed by atoms with Crippen LogP contribution in [-0.2, 0) is 16.4 Å². The number of nitrogens with one attached hydrogen (secondary N) is 1. The summed E-state index contributed by atoms with van der Waals surface area (Å²) < 4.78 is 30.6. The van der Waals surface area contributed by atoms with Crippen LogP contribution in [0.2, 0.25) is 0 Å². The Bertz CT molecular complexity index is 1250. The van der Waals surface area contributed by atoms with Gasteiger partial charge in [0, 0.05) is 24.0 Å². The van der Waals surface area contributed by atoms with E-state index in [0.29, 0.717) is 11.3 Å². The molecule has 3 N–H and O–H groups in total. The molecule has 0 aliphatic carbocycles. The lowest BCUT2D eigenvalue weighted by atomic mass is 10.3. The summed E-state index contributed by atoms with van der Waals surface area (Å²) in [6, 6.07) is 9.11. The highest BCUT2D eigenvalue weighted by Gasteiger charge is 2.19. The zero-order valence-corrected chi connectivity index (χ0v) is 15.8. The smallest absolute Gasteiger partial charge is 0.287 e. The van der Waals surface area contributed by atoms with Crippen molar-refractivity contribution in [2.24, 2.45) is 0 Å². The van der Waals surface area contributed by atoms with Gasteiger partial charge in [0.25, 0.3) is 5.91 Å². The molecule has 29 heavy (non-hydrogen) atoms. The summed E-state index contributed by atoms with van der Waals surface area (Å²) in [5.41, 5.74) is 6.50. The Kier molecular flexibility index (Phi) is 4.69. The maximum absolute atomic E-state index is 12.6. The lowest BCUT2D eigenvalue weighted by molar-refractivity contribution is 0.0925. The SMILES string of the molecule is Nc1ccc(S(=O)(=O)c2ccc(CNC(=O)c3cc4ccncc4o3)nc2)cn1. The number of nitrogens with zero attached hydrogens (tertiary/aromatic N) is 3. The quantitative estimate of drug-likeness (QED) is 0.509. The minimum Gasteiger partial charge on any atom is -0.449 e. The van der Waals surface area contributed by atoms with Crippen LogP contribution in [0.5, 0.6) is 0 Å². The van der Waals surface area contributed by atoms with Gasteiger partial charge in [-0.2, -0.15) is 0 Å². The zero-order valence-electron chi connectivity index (χ0n) is 14.9. The summed E-state index contributed by atoms with van der Waals surface area (Å²) in [5.74, 6) is -0.0235. The summed E-state index contributed by atoms with van der Waals surface area (Å²) in [6.07, 6.45) is 5.57. The molecular weight excluding hydrogens is 394 g/mol. The molecule has 0 aliphatic heterocycles. The molecule has 10 heteroatoms. The maximum atomic E-state index is 12.6. The number of hydrogen-bond donors (Lipinski definition) is 2. The van der Waals surface area contributed by atoms with E-state index in [4.69, 9.17) is 10.2 Å². The molecule has 0 fully saturated rings. The fourth-order valence-electron chi connectivity index (χ4n) is 2.62. The Hall–Kier alpha value is -3.79. The van der Waals surface area contributed by atoms with E-state index < -0.39 is 15.7 Å². The van der Waals surface area contributed by atoms with E-state index in [2.05, 4.69) is 20.3 Å². The highest BCUT2D eigenvalue weighted by molar-refractivity contribution is 7.91. The van der Waals surface area contributed by atoms with Crippen LogP contribution >= 0.6 is 0 Å². The van der Waals surface area contributed by atoms with Crippen molar-refractivity contribution in [3.63, 3.8) is 0 Å². The van der Waals surface area contributed by atoms with E-state index in [1.165, 1.54) is 42.9 Å². The normalized spacial score (nSPS) is 11.4. The van der Waals surface area contributed by atoms with Gasteiger partial charge in [0.1, 0.15) is 5.82 Å². The summed E-state index contributed by atoms with van der Waals surface area (Å²) in [6.45, 7) is 0.109. The number of amides is 1. The molecule has 0 radical (unpaired) electrons.